The summed E-state index contributed by atoms with van der Waals surface area (Å²) in [5.41, 5.74) is 0.746. The highest BCUT2D eigenvalue weighted by atomic mass is 79.9. The van der Waals surface area contributed by atoms with Gasteiger partial charge >= 0.3 is 17.9 Å². The van der Waals surface area contributed by atoms with E-state index in [2.05, 4.69) is 15.9 Å². The summed E-state index contributed by atoms with van der Waals surface area (Å²) in [4.78, 5) is 34.2. The molecule has 0 radical (unpaired) electrons. The molecule has 2 rings (SSSR count). The second-order valence-corrected chi connectivity index (χ2v) is 6.91. The Morgan fingerprint density at radius 2 is 1.81 bits per heavy atom. The Hall–Kier alpha value is -1.93. The molecule has 1 heterocycles. The fourth-order valence-corrected chi connectivity index (χ4v) is 3.27. The van der Waals surface area contributed by atoms with E-state index in [1.54, 1.807) is 0 Å². The Morgan fingerprint density at radius 1 is 1.12 bits per heavy atom. The maximum absolute atomic E-state index is 11.6. The quantitative estimate of drug-likeness (QED) is 0.525. The van der Waals surface area contributed by atoms with E-state index >= 15 is 0 Å². The Kier molecular flexibility index (Phi) is 7.16. The van der Waals surface area contributed by atoms with E-state index < -0.39 is 42.3 Å². The van der Waals surface area contributed by atoms with Crippen LogP contribution < -0.4 is 0 Å². The Balaban J connectivity index is 2.33. The van der Waals surface area contributed by atoms with Crippen LogP contribution in [0.15, 0.2) is 28.7 Å². The Bertz CT molecular complexity index is 675. The van der Waals surface area contributed by atoms with Crippen molar-refractivity contribution >= 4 is 33.8 Å². The zero-order valence-electron chi connectivity index (χ0n) is 14.8. The van der Waals surface area contributed by atoms with Crippen LogP contribution in [0, 0.1) is 0 Å². The van der Waals surface area contributed by atoms with Gasteiger partial charge in [0, 0.05) is 31.7 Å². The molecule has 4 atom stereocenters. The average molecular weight is 429 g/mol. The lowest BCUT2D eigenvalue weighted by molar-refractivity contribution is -0.214. The first-order valence-electron chi connectivity index (χ1n) is 8.15. The van der Waals surface area contributed by atoms with Gasteiger partial charge in [0.25, 0.3) is 0 Å². The average Bonchev–Trinajstić information content (AvgIpc) is 2.53. The molecule has 0 unspecified atom stereocenters. The van der Waals surface area contributed by atoms with Gasteiger partial charge in [0.05, 0.1) is 6.10 Å². The summed E-state index contributed by atoms with van der Waals surface area (Å²) in [7, 11) is 0. The molecule has 26 heavy (non-hydrogen) atoms. The first-order valence-corrected chi connectivity index (χ1v) is 8.94. The van der Waals surface area contributed by atoms with Gasteiger partial charge < -0.3 is 18.9 Å². The lowest BCUT2D eigenvalue weighted by atomic mass is 9.93. The van der Waals surface area contributed by atoms with Crippen LogP contribution in [0.25, 0.3) is 0 Å². The number of hydrogen-bond acceptors (Lipinski definition) is 7. The van der Waals surface area contributed by atoms with Crippen molar-refractivity contribution < 1.29 is 33.3 Å². The molecule has 7 nitrogen and oxygen atoms in total. The zero-order chi connectivity index (χ0) is 19.3. The molecule has 8 heteroatoms. The first-order chi connectivity index (χ1) is 12.3. The van der Waals surface area contributed by atoms with Gasteiger partial charge in [-0.05, 0) is 17.7 Å². The molecule has 1 aromatic rings. The van der Waals surface area contributed by atoms with Crippen LogP contribution in [0.3, 0.4) is 0 Å². The molecule has 0 amide bonds. The monoisotopic (exact) mass is 428 g/mol. The molecule has 0 bridgehead atoms. The van der Waals surface area contributed by atoms with Gasteiger partial charge in [0.1, 0.15) is 18.8 Å². The second kappa shape index (κ2) is 9.14. The first kappa shape index (κ1) is 20.4. The second-order valence-electron chi connectivity index (χ2n) is 5.99. The molecule has 0 aromatic heterocycles. The number of esters is 3. The molecule has 0 N–H and O–H groups in total. The lowest BCUT2D eigenvalue weighted by Crippen LogP contribution is -2.48. The van der Waals surface area contributed by atoms with Gasteiger partial charge in [-0.1, -0.05) is 28.1 Å². The summed E-state index contributed by atoms with van der Waals surface area (Å²) in [5.74, 6) is -1.43. The summed E-state index contributed by atoms with van der Waals surface area (Å²) >= 11 is 3.40. The van der Waals surface area contributed by atoms with Crippen molar-refractivity contribution in [3.05, 3.63) is 34.3 Å². The molecule has 1 aliphatic heterocycles. The number of hydrogen-bond donors (Lipinski definition) is 0. The summed E-state index contributed by atoms with van der Waals surface area (Å²) in [6.07, 6.45) is -2.45. The van der Waals surface area contributed by atoms with Crippen molar-refractivity contribution in [3.63, 3.8) is 0 Å². The van der Waals surface area contributed by atoms with Crippen molar-refractivity contribution in [2.75, 3.05) is 6.61 Å². The number of halogens is 1. The van der Waals surface area contributed by atoms with Crippen LogP contribution in [-0.4, -0.2) is 42.8 Å². The number of ether oxygens (including phenoxy) is 4. The molecule has 142 valence electrons. The SMILES string of the molecule is CC(=O)OC[C@@H]1C[C@H](OC(C)=O)[C@H](OC(C)=O)[C@@H](c2cccc(Br)c2)O1. The van der Waals surface area contributed by atoms with E-state index in [0.717, 1.165) is 10.0 Å². The van der Waals surface area contributed by atoms with Crippen molar-refractivity contribution in [2.24, 2.45) is 0 Å². The standard InChI is InChI=1S/C18H21BrO7/c1-10(20)23-9-15-8-16(24-11(2)21)18(25-12(3)22)17(26-15)13-5-4-6-14(19)7-13/h4-7,15-18H,8-9H2,1-3H3/t15-,16-,17+,18-/m0/s1. The van der Waals surface area contributed by atoms with Crippen molar-refractivity contribution in [1.82, 2.24) is 0 Å². The predicted molar refractivity (Wildman–Crippen MR) is 94.1 cm³/mol. The van der Waals surface area contributed by atoms with E-state index in [-0.39, 0.29) is 13.0 Å². The van der Waals surface area contributed by atoms with E-state index in [9.17, 15) is 14.4 Å². The summed E-state index contributed by atoms with van der Waals surface area (Å²) < 4.78 is 22.7. The van der Waals surface area contributed by atoms with E-state index in [0.29, 0.717) is 0 Å². The van der Waals surface area contributed by atoms with Gasteiger partial charge in [0.2, 0.25) is 0 Å². The summed E-state index contributed by atoms with van der Waals surface area (Å²) in [6, 6.07) is 7.34. The number of benzene rings is 1. The number of carbonyl (C=O) groups excluding carboxylic acids is 3. The number of rotatable bonds is 5. The summed E-state index contributed by atoms with van der Waals surface area (Å²) in [5, 5.41) is 0. The van der Waals surface area contributed by atoms with Gasteiger partial charge in [0.15, 0.2) is 6.10 Å². The number of carbonyl (C=O) groups is 3. The fraction of sp³-hybridized carbons (Fsp3) is 0.500. The molecule has 1 aromatic carbocycles. The van der Waals surface area contributed by atoms with E-state index in [1.165, 1.54) is 20.8 Å². The van der Waals surface area contributed by atoms with Crippen LogP contribution in [0.1, 0.15) is 38.9 Å². The van der Waals surface area contributed by atoms with Crippen molar-refractivity contribution in [1.29, 1.82) is 0 Å². The van der Waals surface area contributed by atoms with Gasteiger partial charge in [-0.25, -0.2) is 0 Å². The maximum atomic E-state index is 11.6. The maximum Gasteiger partial charge on any atom is 0.303 e. The fourth-order valence-electron chi connectivity index (χ4n) is 2.86. The molecule has 1 fully saturated rings. The van der Waals surface area contributed by atoms with Crippen LogP contribution in [-0.2, 0) is 33.3 Å². The molecule has 0 saturated carbocycles. The Labute approximate surface area is 160 Å². The summed E-state index contributed by atoms with van der Waals surface area (Å²) in [6.45, 7) is 3.90. The predicted octanol–water partition coefficient (Wildman–Crippen LogP) is 2.71. The third-order valence-corrected chi connectivity index (χ3v) is 4.26. The minimum Gasteiger partial charge on any atom is -0.463 e. The third kappa shape index (κ3) is 5.81. The third-order valence-electron chi connectivity index (χ3n) is 3.77. The minimum absolute atomic E-state index is 0.0182. The van der Waals surface area contributed by atoms with E-state index in [4.69, 9.17) is 18.9 Å². The Morgan fingerprint density at radius 3 is 2.38 bits per heavy atom. The smallest absolute Gasteiger partial charge is 0.303 e. The van der Waals surface area contributed by atoms with E-state index in [1.807, 2.05) is 24.3 Å². The molecule has 1 saturated heterocycles. The highest BCUT2D eigenvalue weighted by molar-refractivity contribution is 9.10. The normalized spacial score (nSPS) is 25.2. The largest absolute Gasteiger partial charge is 0.463 e. The minimum atomic E-state index is -0.806. The van der Waals surface area contributed by atoms with Crippen molar-refractivity contribution in [2.45, 2.75) is 51.6 Å². The highest BCUT2D eigenvalue weighted by Crippen LogP contribution is 2.36. The highest BCUT2D eigenvalue weighted by Gasteiger charge is 2.44. The van der Waals surface area contributed by atoms with Crippen molar-refractivity contribution in [3.8, 4) is 0 Å². The van der Waals surface area contributed by atoms with Crippen LogP contribution in [0.5, 0.6) is 0 Å². The van der Waals surface area contributed by atoms with Gasteiger partial charge in [-0.2, -0.15) is 0 Å². The molecular weight excluding hydrogens is 408 g/mol. The van der Waals surface area contributed by atoms with Crippen LogP contribution >= 0.6 is 15.9 Å². The van der Waals surface area contributed by atoms with Gasteiger partial charge in [-0.3, -0.25) is 14.4 Å². The van der Waals surface area contributed by atoms with Crippen LogP contribution in [0.4, 0.5) is 0 Å². The topological polar surface area (TPSA) is 88.1 Å². The molecule has 0 spiro atoms. The molecule has 1 aliphatic rings. The zero-order valence-corrected chi connectivity index (χ0v) is 16.4. The van der Waals surface area contributed by atoms with Crippen LogP contribution in [0.2, 0.25) is 0 Å². The molecular formula is C18H21BrO7. The van der Waals surface area contributed by atoms with Gasteiger partial charge in [-0.15, -0.1) is 0 Å². The lowest BCUT2D eigenvalue weighted by Gasteiger charge is -2.40. The molecule has 0 aliphatic carbocycles.